The van der Waals surface area contributed by atoms with Gasteiger partial charge in [0.25, 0.3) is 0 Å². The van der Waals surface area contributed by atoms with Crippen molar-refractivity contribution in [1.82, 2.24) is 19.8 Å². The van der Waals surface area contributed by atoms with Crippen LogP contribution < -0.4 is 5.32 Å². The standard InChI is InChI=1S/C13H24N4O/c1-12(2)14-9-13-10-17(11-15-13)4-3-16-5-7-18-8-6-16/h10-12,14H,3-9H2,1-2H3. The van der Waals surface area contributed by atoms with Crippen molar-refractivity contribution in [3.8, 4) is 0 Å². The SMILES string of the molecule is CC(C)NCc1cn(CCN2CCOCC2)cn1. The average Bonchev–Trinajstić information content (AvgIpc) is 2.83. The van der Waals surface area contributed by atoms with Crippen molar-refractivity contribution in [3.05, 3.63) is 18.2 Å². The molecular weight excluding hydrogens is 228 g/mol. The Labute approximate surface area is 109 Å². The lowest BCUT2D eigenvalue weighted by atomic mass is 10.3. The van der Waals surface area contributed by atoms with Gasteiger partial charge in [0.05, 0.1) is 25.2 Å². The smallest absolute Gasteiger partial charge is 0.0950 e. The zero-order chi connectivity index (χ0) is 12.8. The second kappa shape index (κ2) is 6.87. The van der Waals surface area contributed by atoms with Crippen LogP contribution in [0.4, 0.5) is 0 Å². The second-order valence-electron chi connectivity index (χ2n) is 5.09. The van der Waals surface area contributed by atoms with Gasteiger partial charge in [-0.2, -0.15) is 0 Å². The molecule has 0 aliphatic carbocycles. The lowest BCUT2D eigenvalue weighted by Crippen LogP contribution is -2.38. The highest BCUT2D eigenvalue weighted by molar-refractivity contribution is 4.96. The molecule has 5 heteroatoms. The van der Waals surface area contributed by atoms with E-state index in [9.17, 15) is 0 Å². The summed E-state index contributed by atoms with van der Waals surface area (Å²) in [4.78, 5) is 6.85. The van der Waals surface area contributed by atoms with Crippen LogP contribution >= 0.6 is 0 Å². The van der Waals surface area contributed by atoms with Crippen molar-refractivity contribution in [2.45, 2.75) is 33.0 Å². The van der Waals surface area contributed by atoms with Crippen molar-refractivity contribution < 1.29 is 4.74 Å². The first kappa shape index (κ1) is 13.5. The Morgan fingerprint density at radius 3 is 2.83 bits per heavy atom. The molecule has 0 spiro atoms. The molecule has 5 nitrogen and oxygen atoms in total. The maximum atomic E-state index is 5.34. The van der Waals surface area contributed by atoms with Gasteiger partial charge in [0.1, 0.15) is 0 Å². The van der Waals surface area contributed by atoms with E-state index in [0.717, 1.165) is 51.6 Å². The number of aromatic nitrogens is 2. The van der Waals surface area contributed by atoms with Crippen LogP contribution in [0.1, 0.15) is 19.5 Å². The van der Waals surface area contributed by atoms with Crippen LogP contribution in [-0.4, -0.2) is 53.3 Å². The Hall–Kier alpha value is -0.910. The summed E-state index contributed by atoms with van der Waals surface area (Å²) in [7, 11) is 0. The minimum Gasteiger partial charge on any atom is -0.379 e. The van der Waals surface area contributed by atoms with Crippen LogP contribution in [0.2, 0.25) is 0 Å². The molecule has 1 aromatic heterocycles. The number of hydrogen-bond acceptors (Lipinski definition) is 4. The maximum absolute atomic E-state index is 5.34. The molecule has 2 rings (SSSR count). The molecule has 1 saturated heterocycles. The highest BCUT2D eigenvalue weighted by Crippen LogP contribution is 2.00. The second-order valence-corrected chi connectivity index (χ2v) is 5.09. The minimum absolute atomic E-state index is 0.503. The van der Waals surface area contributed by atoms with E-state index in [0.29, 0.717) is 6.04 Å². The van der Waals surface area contributed by atoms with Crippen LogP contribution in [0, 0.1) is 0 Å². The van der Waals surface area contributed by atoms with Crippen molar-refractivity contribution in [2.75, 3.05) is 32.8 Å². The Morgan fingerprint density at radius 1 is 1.33 bits per heavy atom. The molecule has 1 aliphatic rings. The quantitative estimate of drug-likeness (QED) is 0.810. The van der Waals surface area contributed by atoms with E-state index >= 15 is 0 Å². The van der Waals surface area contributed by atoms with E-state index in [1.54, 1.807) is 0 Å². The van der Waals surface area contributed by atoms with E-state index in [-0.39, 0.29) is 0 Å². The fraction of sp³-hybridized carbons (Fsp3) is 0.769. The molecule has 0 radical (unpaired) electrons. The van der Waals surface area contributed by atoms with E-state index < -0.39 is 0 Å². The zero-order valence-electron chi connectivity index (χ0n) is 11.4. The highest BCUT2D eigenvalue weighted by Gasteiger charge is 2.09. The van der Waals surface area contributed by atoms with Gasteiger partial charge < -0.3 is 14.6 Å². The molecule has 1 N–H and O–H groups in total. The average molecular weight is 252 g/mol. The topological polar surface area (TPSA) is 42.3 Å². The van der Waals surface area contributed by atoms with E-state index in [2.05, 4.69) is 39.8 Å². The van der Waals surface area contributed by atoms with Gasteiger partial charge in [-0.25, -0.2) is 4.98 Å². The third kappa shape index (κ3) is 4.40. The van der Waals surface area contributed by atoms with Crippen LogP contribution in [0.15, 0.2) is 12.5 Å². The normalized spacial score (nSPS) is 17.5. The van der Waals surface area contributed by atoms with Gasteiger partial charge in [-0.15, -0.1) is 0 Å². The van der Waals surface area contributed by atoms with E-state index in [4.69, 9.17) is 4.74 Å². The van der Waals surface area contributed by atoms with E-state index in [1.165, 1.54) is 0 Å². The predicted molar refractivity (Wildman–Crippen MR) is 71.5 cm³/mol. The van der Waals surface area contributed by atoms with Crippen LogP contribution in [0.3, 0.4) is 0 Å². The first-order valence-corrected chi connectivity index (χ1v) is 6.78. The van der Waals surface area contributed by atoms with Crippen molar-refractivity contribution in [1.29, 1.82) is 0 Å². The monoisotopic (exact) mass is 252 g/mol. The molecular formula is C13H24N4O. The summed E-state index contributed by atoms with van der Waals surface area (Å²) in [6.07, 6.45) is 4.06. The van der Waals surface area contributed by atoms with Gasteiger partial charge in [0, 0.05) is 45.0 Å². The number of rotatable bonds is 6. The summed E-state index contributed by atoms with van der Waals surface area (Å²) in [5.41, 5.74) is 1.12. The third-order valence-corrected chi connectivity index (χ3v) is 3.16. The summed E-state index contributed by atoms with van der Waals surface area (Å²) in [6.45, 7) is 11.1. The van der Waals surface area contributed by atoms with Crippen LogP contribution in [0.5, 0.6) is 0 Å². The van der Waals surface area contributed by atoms with Gasteiger partial charge in [-0.3, -0.25) is 4.90 Å². The first-order valence-electron chi connectivity index (χ1n) is 6.78. The van der Waals surface area contributed by atoms with Crippen molar-refractivity contribution >= 4 is 0 Å². The van der Waals surface area contributed by atoms with Gasteiger partial charge in [0.2, 0.25) is 0 Å². The number of morpholine rings is 1. The van der Waals surface area contributed by atoms with Gasteiger partial charge in [0.15, 0.2) is 0 Å². The number of imidazole rings is 1. The number of hydrogen-bond donors (Lipinski definition) is 1. The fourth-order valence-electron chi connectivity index (χ4n) is 2.01. The molecule has 0 aromatic carbocycles. The molecule has 1 fully saturated rings. The molecule has 0 amide bonds. The molecule has 0 unspecified atom stereocenters. The fourth-order valence-corrected chi connectivity index (χ4v) is 2.01. The van der Waals surface area contributed by atoms with Crippen LogP contribution in [-0.2, 0) is 17.8 Å². The largest absolute Gasteiger partial charge is 0.379 e. The summed E-state index contributed by atoms with van der Waals surface area (Å²) in [6, 6.07) is 0.503. The molecule has 1 aliphatic heterocycles. The molecule has 102 valence electrons. The highest BCUT2D eigenvalue weighted by atomic mass is 16.5. The van der Waals surface area contributed by atoms with Crippen molar-refractivity contribution in [3.63, 3.8) is 0 Å². The zero-order valence-corrected chi connectivity index (χ0v) is 11.4. The first-order chi connectivity index (χ1) is 8.74. The van der Waals surface area contributed by atoms with Crippen LogP contribution in [0.25, 0.3) is 0 Å². The van der Waals surface area contributed by atoms with Gasteiger partial charge in [-0.1, -0.05) is 13.8 Å². The molecule has 2 heterocycles. The van der Waals surface area contributed by atoms with Gasteiger partial charge >= 0.3 is 0 Å². The summed E-state index contributed by atoms with van der Waals surface area (Å²) >= 11 is 0. The Bertz CT molecular complexity index is 345. The third-order valence-electron chi connectivity index (χ3n) is 3.16. The summed E-state index contributed by atoms with van der Waals surface area (Å²) in [5, 5.41) is 3.38. The Balaban J connectivity index is 1.72. The molecule has 18 heavy (non-hydrogen) atoms. The molecule has 0 saturated carbocycles. The summed E-state index contributed by atoms with van der Waals surface area (Å²) < 4.78 is 7.51. The number of ether oxygens (including phenoxy) is 1. The lowest BCUT2D eigenvalue weighted by molar-refractivity contribution is 0.0364. The molecule has 0 atom stereocenters. The van der Waals surface area contributed by atoms with Crippen molar-refractivity contribution in [2.24, 2.45) is 0 Å². The Morgan fingerprint density at radius 2 is 2.11 bits per heavy atom. The number of nitrogens with zero attached hydrogens (tertiary/aromatic N) is 3. The van der Waals surface area contributed by atoms with E-state index in [1.807, 2.05) is 6.33 Å². The minimum atomic E-state index is 0.503. The lowest BCUT2D eigenvalue weighted by Gasteiger charge is -2.26. The molecule has 0 bridgehead atoms. The predicted octanol–water partition coefficient (Wildman–Crippen LogP) is 0.713. The maximum Gasteiger partial charge on any atom is 0.0950 e. The molecule has 1 aromatic rings. The Kier molecular flexibility index (Phi) is 5.16. The van der Waals surface area contributed by atoms with Gasteiger partial charge in [-0.05, 0) is 0 Å². The summed E-state index contributed by atoms with van der Waals surface area (Å²) in [5.74, 6) is 0. The number of nitrogens with one attached hydrogen (secondary N) is 1.